The number of aromatic hydroxyl groups is 1. The number of aromatic nitrogens is 3. The van der Waals surface area contributed by atoms with Crippen LogP contribution in [0.25, 0.3) is 0 Å². The van der Waals surface area contributed by atoms with Crippen LogP contribution in [0.4, 0.5) is 0 Å². The quantitative estimate of drug-likeness (QED) is 0.817. The van der Waals surface area contributed by atoms with E-state index in [0.717, 1.165) is 6.26 Å². The Labute approximate surface area is 102 Å². The van der Waals surface area contributed by atoms with Gasteiger partial charge in [-0.2, -0.15) is 0 Å². The van der Waals surface area contributed by atoms with Gasteiger partial charge in [-0.1, -0.05) is 12.1 Å². The molecule has 2 rings (SSSR count). The highest BCUT2D eigenvalue weighted by Crippen LogP contribution is 2.12. The summed E-state index contributed by atoms with van der Waals surface area (Å²) in [5, 5.41) is 26.2. The number of hydrogen-bond acceptors (Lipinski definition) is 6. The van der Waals surface area contributed by atoms with Crippen LogP contribution < -0.4 is 5.43 Å². The Kier molecular flexibility index (Phi) is 3.42. The molecular weight excluding hydrogens is 238 g/mol. The largest absolute Gasteiger partial charge is 0.502 e. The SMILES string of the molecule is CCC(O)c1cn(Cc2cc(=O)c(O)co2)nn1. The third kappa shape index (κ3) is 2.57. The van der Waals surface area contributed by atoms with Crippen molar-refractivity contribution in [3.05, 3.63) is 40.2 Å². The van der Waals surface area contributed by atoms with E-state index in [4.69, 9.17) is 9.52 Å². The lowest BCUT2D eigenvalue weighted by molar-refractivity contribution is 0.168. The Balaban J connectivity index is 2.16. The zero-order chi connectivity index (χ0) is 13.1. The molecule has 1 atom stereocenters. The maximum Gasteiger partial charge on any atom is 0.226 e. The fraction of sp³-hybridized carbons (Fsp3) is 0.364. The first-order valence-electron chi connectivity index (χ1n) is 5.49. The lowest BCUT2D eigenvalue weighted by atomic mass is 10.2. The molecule has 0 saturated carbocycles. The summed E-state index contributed by atoms with van der Waals surface area (Å²) < 4.78 is 6.49. The van der Waals surface area contributed by atoms with Crippen molar-refractivity contribution in [1.29, 1.82) is 0 Å². The molecule has 1 unspecified atom stereocenters. The molecule has 7 nitrogen and oxygen atoms in total. The smallest absolute Gasteiger partial charge is 0.226 e. The molecule has 0 aromatic carbocycles. The molecular formula is C11H13N3O4. The second kappa shape index (κ2) is 5.01. The first-order valence-corrected chi connectivity index (χ1v) is 5.49. The number of rotatable bonds is 4. The standard InChI is InChI=1S/C11H13N3O4/c1-2-9(15)8-5-14(13-12-8)4-7-3-10(16)11(17)6-18-7/h3,5-6,9,15,17H,2,4H2,1H3. The lowest BCUT2D eigenvalue weighted by Gasteiger charge is -2.01. The van der Waals surface area contributed by atoms with Crippen LogP contribution >= 0.6 is 0 Å². The predicted molar refractivity (Wildman–Crippen MR) is 61.0 cm³/mol. The third-order valence-electron chi connectivity index (χ3n) is 2.47. The third-order valence-corrected chi connectivity index (χ3v) is 2.47. The van der Waals surface area contributed by atoms with E-state index in [-0.39, 0.29) is 6.54 Å². The van der Waals surface area contributed by atoms with Crippen molar-refractivity contribution in [2.45, 2.75) is 26.0 Å². The number of aliphatic hydroxyl groups is 1. The van der Waals surface area contributed by atoms with E-state index in [2.05, 4.69) is 10.3 Å². The summed E-state index contributed by atoms with van der Waals surface area (Å²) in [4.78, 5) is 11.2. The number of aliphatic hydroxyl groups excluding tert-OH is 1. The van der Waals surface area contributed by atoms with Gasteiger partial charge in [-0.25, -0.2) is 4.68 Å². The Morgan fingerprint density at radius 3 is 3.00 bits per heavy atom. The van der Waals surface area contributed by atoms with E-state index in [1.165, 1.54) is 10.7 Å². The molecule has 0 fully saturated rings. The second-order valence-electron chi connectivity index (χ2n) is 3.86. The molecule has 2 heterocycles. The summed E-state index contributed by atoms with van der Waals surface area (Å²) >= 11 is 0. The molecule has 2 aromatic heterocycles. The van der Waals surface area contributed by atoms with E-state index in [9.17, 15) is 9.90 Å². The van der Waals surface area contributed by atoms with E-state index < -0.39 is 17.3 Å². The minimum Gasteiger partial charge on any atom is -0.502 e. The molecule has 0 aliphatic carbocycles. The molecule has 2 aromatic rings. The predicted octanol–water partition coefficient (Wildman–Crippen LogP) is 0.429. The minimum atomic E-state index is -0.648. The summed E-state index contributed by atoms with van der Waals surface area (Å²) in [7, 11) is 0. The molecule has 0 saturated heterocycles. The van der Waals surface area contributed by atoms with Crippen molar-refractivity contribution in [2.24, 2.45) is 0 Å². The van der Waals surface area contributed by atoms with Crippen molar-refractivity contribution in [3.63, 3.8) is 0 Å². The molecule has 7 heteroatoms. The van der Waals surface area contributed by atoms with Crippen molar-refractivity contribution in [3.8, 4) is 5.75 Å². The molecule has 0 aliphatic rings. The van der Waals surface area contributed by atoms with Gasteiger partial charge in [-0.3, -0.25) is 4.79 Å². The van der Waals surface area contributed by atoms with Crippen LogP contribution in [0.1, 0.15) is 30.9 Å². The maximum absolute atomic E-state index is 11.2. The Morgan fingerprint density at radius 1 is 1.56 bits per heavy atom. The van der Waals surface area contributed by atoms with Crippen molar-refractivity contribution in [1.82, 2.24) is 15.0 Å². The highest BCUT2D eigenvalue weighted by atomic mass is 16.4. The van der Waals surface area contributed by atoms with Gasteiger partial charge in [0.25, 0.3) is 0 Å². The molecule has 0 amide bonds. The summed E-state index contributed by atoms with van der Waals surface area (Å²) in [6, 6.07) is 1.19. The van der Waals surface area contributed by atoms with Crippen molar-refractivity contribution < 1.29 is 14.6 Å². The zero-order valence-electron chi connectivity index (χ0n) is 9.78. The summed E-state index contributed by atoms with van der Waals surface area (Å²) in [5.74, 6) is -0.0836. The van der Waals surface area contributed by atoms with Crippen LogP contribution in [0.15, 0.2) is 27.7 Å². The van der Waals surface area contributed by atoms with Crippen LogP contribution in [0.2, 0.25) is 0 Å². The van der Waals surface area contributed by atoms with Gasteiger partial charge >= 0.3 is 0 Å². The van der Waals surface area contributed by atoms with Crippen LogP contribution in [0.3, 0.4) is 0 Å². The average Bonchev–Trinajstić information content (AvgIpc) is 2.81. The Hall–Kier alpha value is -2.15. The molecule has 96 valence electrons. The zero-order valence-corrected chi connectivity index (χ0v) is 9.78. The van der Waals surface area contributed by atoms with Gasteiger partial charge in [0.2, 0.25) is 5.43 Å². The van der Waals surface area contributed by atoms with Gasteiger partial charge in [0, 0.05) is 6.07 Å². The first kappa shape index (κ1) is 12.3. The number of nitrogens with zero attached hydrogens (tertiary/aromatic N) is 3. The molecule has 0 spiro atoms. The maximum atomic E-state index is 11.2. The van der Waals surface area contributed by atoms with E-state index in [0.29, 0.717) is 17.9 Å². The van der Waals surface area contributed by atoms with Gasteiger partial charge in [-0.15, -0.1) is 5.10 Å². The fourth-order valence-electron chi connectivity index (χ4n) is 1.44. The van der Waals surface area contributed by atoms with Crippen LogP contribution in [-0.2, 0) is 6.54 Å². The molecule has 0 bridgehead atoms. The van der Waals surface area contributed by atoms with Gasteiger partial charge < -0.3 is 14.6 Å². The fourth-order valence-corrected chi connectivity index (χ4v) is 1.44. The van der Waals surface area contributed by atoms with Crippen molar-refractivity contribution >= 4 is 0 Å². The highest BCUT2D eigenvalue weighted by Gasteiger charge is 2.10. The van der Waals surface area contributed by atoms with Crippen LogP contribution in [-0.4, -0.2) is 25.2 Å². The normalized spacial score (nSPS) is 12.6. The molecule has 2 N–H and O–H groups in total. The van der Waals surface area contributed by atoms with Gasteiger partial charge in [0.15, 0.2) is 5.75 Å². The monoisotopic (exact) mass is 251 g/mol. The second-order valence-corrected chi connectivity index (χ2v) is 3.86. The molecule has 0 aliphatic heterocycles. The average molecular weight is 251 g/mol. The topological polar surface area (TPSA) is 101 Å². The van der Waals surface area contributed by atoms with Gasteiger partial charge in [-0.05, 0) is 6.42 Å². The van der Waals surface area contributed by atoms with Crippen molar-refractivity contribution in [2.75, 3.05) is 0 Å². The van der Waals surface area contributed by atoms with Crippen LogP contribution in [0.5, 0.6) is 5.75 Å². The summed E-state index contributed by atoms with van der Waals surface area (Å²) in [6.45, 7) is 2.04. The lowest BCUT2D eigenvalue weighted by Crippen LogP contribution is -2.05. The van der Waals surface area contributed by atoms with E-state index >= 15 is 0 Å². The van der Waals surface area contributed by atoms with Gasteiger partial charge in [0.1, 0.15) is 24.3 Å². The first-order chi connectivity index (χ1) is 8.60. The Bertz CT molecular complexity index is 590. The summed E-state index contributed by atoms with van der Waals surface area (Å²) in [6.07, 6.45) is 2.47. The van der Waals surface area contributed by atoms with Crippen LogP contribution in [0, 0.1) is 0 Å². The van der Waals surface area contributed by atoms with Gasteiger partial charge in [0.05, 0.1) is 12.3 Å². The van der Waals surface area contributed by atoms with E-state index in [1.54, 1.807) is 6.20 Å². The Morgan fingerprint density at radius 2 is 2.33 bits per heavy atom. The highest BCUT2D eigenvalue weighted by molar-refractivity contribution is 5.15. The minimum absolute atomic E-state index is 0.207. The molecule has 0 radical (unpaired) electrons. The molecule has 18 heavy (non-hydrogen) atoms. The summed E-state index contributed by atoms with van der Waals surface area (Å²) in [5.41, 5.74) is -0.0381. The number of hydrogen-bond donors (Lipinski definition) is 2. The van der Waals surface area contributed by atoms with E-state index in [1.807, 2.05) is 6.92 Å².